The van der Waals surface area contributed by atoms with Crippen molar-refractivity contribution >= 4 is 11.6 Å². The fraction of sp³-hybridized carbons (Fsp3) is 0.500. The molecule has 0 unspecified atom stereocenters. The zero-order valence-electron chi connectivity index (χ0n) is 10.1. The van der Waals surface area contributed by atoms with Crippen LogP contribution in [0.2, 0.25) is 0 Å². The smallest absolute Gasteiger partial charge is 0.267 e. The minimum atomic E-state index is -0.501. The van der Waals surface area contributed by atoms with E-state index in [1.54, 1.807) is 12.3 Å². The average molecular weight is 221 g/mol. The Bertz CT molecular complexity index is 374. The minimum Gasteiger partial charge on any atom is -0.384 e. The molecule has 1 aromatic heterocycles. The number of pyridine rings is 1. The molecule has 0 radical (unpaired) electrons. The maximum atomic E-state index is 10.9. The molecule has 3 N–H and O–H groups in total. The number of nitrogens with one attached hydrogen (secondary N) is 1. The van der Waals surface area contributed by atoms with Crippen molar-refractivity contribution in [2.24, 2.45) is 11.1 Å². The first-order chi connectivity index (χ1) is 7.44. The van der Waals surface area contributed by atoms with Crippen molar-refractivity contribution in [1.82, 2.24) is 4.98 Å². The highest BCUT2D eigenvalue weighted by atomic mass is 16.1. The van der Waals surface area contributed by atoms with Gasteiger partial charge in [-0.05, 0) is 24.0 Å². The lowest BCUT2D eigenvalue weighted by Crippen LogP contribution is -2.22. The van der Waals surface area contributed by atoms with E-state index in [1.807, 2.05) is 6.07 Å². The Kier molecular flexibility index (Phi) is 3.88. The van der Waals surface area contributed by atoms with Crippen LogP contribution in [0.1, 0.15) is 37.7 Å². The summed E-state index contributed by atoms with van der Waals surface area (Å²) >= 11 is 0. The normalized spacial score (nSPS) is 11.2. The molecule has 16 heavy (non-hydrogen) atoms. The van der Waals surface area contributed by atoms with Crippen LogP contribution in [0.3, 0.4) is 0 Å². The summed E-state index contributed by atoms with van der Waals surface area (Å²) < 4.78 is 0. The summed E-state index contributed by atoms with van der Waals surface area (Å²) in [5, 5.41) is 3.28. The molecule has 0 spiro atoms. The van der Waals surface area contributed by atoms with Crippen molar-refractivity contribution in [3.8, 4) is 0 Å². The van der Waals surface area contributed by atoms with Gasteiger partial charge in [0.1, 0.15) is 5.69 Å². The number of hydrogen-bond acceptors (Lipinski definition) is 3. The first kappa shape index (κ1) is 12.5. The third-order valence-electron chi connectivity index (χ3n) is 2.74. The molecule has 1 heterocycles. The van der Waals surface area contributed by atoms with Crippen LogP contribution in [0.5, 0.6) is 0 Å². The van der Waals surface area contributed by atoms with Gasteiger partial charge in [0.05, 0.1) is 0 Å². The summed E-state index contributed by atoms with van der Waals surface area (Å²) in [6, 6.07) is 3.51. The molecule has 0 aliphatic heterocycles. The van der Waals surface area contributed by atoms with E-state index in [0.29, 0.717) is 5.69 Å². The molecular weight excluding hydrogens is 202 g/mol. The van der Waals surface area contributed by atoms with Crippen molar-refractivity contribution < 1.29 is 4.79 Å². The van der Waals surface area contributed by atoms with Gasteiger partial charge in [-0.25, -0.2) is 0 Å². The number of primary amides is 1. The number of nitrogens with zero attached hydrogens (tertiary/aromatic N) is 1. The molecule has 0 bridgehead atoms. The number of nitrogens with two attached hydrogens (primary N) is 1. The number of carbonyl (C=O) groups excluding carboxylic acids is 1. The summed E-state index contributed by atoms with van der Waals surface area (Å²) in [4.78, 5) is 14.8. The monoisotopic (exact) mass is 221 g/mol. The van der Waals surface area contributed by atoms with Gasteiger partial charge in [0.15, 0.2) is 0 Å². The number of amides is 1. The number of aromatic nitrogens is 1. The van der Waals surface area contributed by atoms with E-state index in [0.717, 1.165) is 18.7 Å². The number of carbonyl (C=O) groups is 1. The second-order valence-corrected chi connectivity index (χ2v) is 4.67. The second-order valence-electron chi connectivity index (χ2n) is 4.67. The summed E-state index contributed by atoms with van der Waals surface area (Å²) in [7, 11) is 0. The van der Waals surface area contributed by atoms with E-state index >= 15 is 0 Å². The molecule has 0 saturated heterocycles. The Morgan fingerprint density at radius 1 is 1.56 bits per heavy atom. The van der Waals surface area contributed by atoms with Crippen molar-refractivity contribution in [2.75, 3.05) is 11.9 Å². The Hall–Kier alpha value is -1.58. The van der Waals surface area contributed by atoms with Crippen LogP contribution in [-0.4, -0.2) is 17.4 Å². The molecule has 0 atom stereocenters. The largest absolute Gasteiger partial charge is 0.384 e. The predicted molar refractivity (Wildman–Crippen MR) is 65.3 cm³/mol. The zero-order chi connectivity index (χ0) is 12.2. The molecule has 0 fully saturated rings. The molecule has 0 aliphatic carbocycles. The van der Waals surface area contributed by atoms with Crippen molar-refractivity contribution in [1.29, 1.82) is 0 Å². The summed E-state index contributed by atoms with van der Waals surface area (Å²) in [5.74, 6) is -0.501. The van der Waals surface area contributed by atoms with E-state index in [4.69, 9.17) is 5.73 Å². The fourth-order valence-electron chi connectivity index (χ4n) is 1.14. The molecule has 0 aromatic carbocycles. The van der Waals surface area contributed by atoms with E-state index in [-0.39, 0.29) is 5.41 Å². The van der Waals surface area contributed by atoms with Crippen LogP contribution in [-0.2, 0) is 0 Å². The average Bonchev–Trinajstić information content (AvgIpc) is 2.27. The van der Waals surface area contributed by atoms with Crippen LogP contribution in [0.25, 0.3) is 0 Å². The topological polar surface area (TPSA) is 68.0 Å². The van der Waals surface area contributed by atoms with Gasteiger partial charge in [-0.15, -0.1) is 0 Å². The highest BCUT2D eigenvalue weighted by Crippen LogP contribution is 2.20. The van der Waals surface area contributed by atoms with E-state index < -0.39 is 5.91 Å². The zero-order valence-corrected chi connectivity index (χ0v) is 10.1. The lowest BCUT2D eigenvalue weighted by atomic mass is 9.90. The Morgan fingerprint density at radius 3 is 2.81 bits per heavy atom. The lowest BCUT2D eigenvalue weighted by molar-refractivity contribution is 0.0995. The van der Waals surface area contributed by atoms with Crippen LogP contribution >= 0.6 is 0 Å². The minimum absolute atomic E-state index is 0.232. The third-order valence-corrected chi connectivity index (χ3v) is 2.74. The molecule has 4 heteroatoms. The SMILES string of the molecule is CCC(C)(C)CNc1ccnc(C(N)=O)c1. The van der Waals surface area contributed by atoms with Gasteiger partial charge in [-0.1, -0.05) is 20.8 Å². The lowest BCUT2D eigenvalue weighted by Gasteiger charge is -2.23. The van der Waals surface area contributed by atoms with Gasteiger partial charge in [-0.3, -0.25) is 9.78 Å². The number of hydrogen-bond donors (Lipinski definition) is 2. The first-order valence-corrected chi connectivity index (χ1v) is 5.44. The highest BCUT2D eigenvalue weighted by molar-refractivity contribution is 5.91. The fourth-order valence-corrected chi connectivity index (χ4v) is 1.14. The standard InChI is InChI=1S/C12H19N3O/c1-4-12(2,3)8-15-9-5-6-14-10(7-9)11(13)16/h5-7H,4,8H2,1-3H3,(H2,13,16)(H,14,15). The van der Waals surface area contributed by atoms with Gasteiger partial charge in [-0.2, -0.15) is 0 Å². The van der Waals surface area contributed by atoms with Gasteiger partial charge in [0.2, 0.25) is 0 Å². The molecular formula is C12H19N3O. The summed E-state index contributed by atoms with van der Waals surface area (Å²) in [6.45, 7) is 7.39. The maximum absolute atomic E-state index is 10.9. The van der Waals surface area contributed by atoms with E-state index in [1.165, 1.54) is 0 Å². The van der Waals surface area contributed by atoms with E-state index in [2.05, 4.69) is 31.1 Å². The molecule has 1 aromatic rings. The van der Waals surface area contributed by atoms with Gasteiger partial charge < -0.3 is 11.1 Å². The van der Waals surface area contributed by atoms with Gasteiger partial charge in [0.25, 0.3) is 5.91 Å². The number of anilines is 1. The summed E-state index contributed by atoms with van der Waals surface area (Å²) in [6.07, 6.45) is 2.68. The van der Waals surface area contributed by atoms with Crippen molar-refractivity contribution in [3.05, 3.63) is 24.0 Å². The van der Waals surface area contributed by atoms with Crippen molar-refractivity contribution in [3.63, 3.8) is 0 Å². The molecule has 1 rings (SSSR count). The van der Waals surface area contributed by atoms with Crippen molar-refractivity contribution in [2.45, 2.75) is 27.2 Å². The third kappa shape index (κ3) is 3.53. The Morgan fingerprint density at radius 2 is 2.25 bits per heavy atom. The van der Waals surface area contributed by atoms with Gasteiger partial charge >= 0.3 is 0 Å². The molecule has 88 valence electrons. The maximum Gasteiger partial charge on any atom is 0.267 e. The first-order valence-electron chi connectivity index (χ1n) is 5.44. The quantitative estimate of drug-likeness (QED) is 0.799. The second kappa shape index (κ2) is 4.96. The molecule has 1 amide bonds. The molecule has 0 saturated carbocycles. The van der Waals surface area contributed by atoms with Crippen LogP contribution < -0.4 is 11.1 Å². The Balaban J connectivity index is 2.68. The van der Waals surface area contributed by atoms with Crippen LogP contribution in [0.4, 0.5) is 5.69 Å². The Labute approximate surface area is 96.3 Å². The van der Waals surface area contributed by atoms with Crippen LogP contribution in [0.15, 0.2) is 18.3 Å². The highest BCUT2D eigenvalue weighted by Gasteiger charge is 2.14. The molecule has 4 nitrogen and oxygen atoms in total. The summed E-state index contributed by atoms with van der Waals surface area (Å²) in [5.41, 5.74) is 6.56. The number of rotatable bonds is 5. The van der Waals surface area contributed by atoms with Gasteiger partial charge in [0, 0.05) is 18.4 Å². The van der Waals surface area contributed by atoms with E-state index in [9.17, 15) is 4.79 Å². The molecule has 0 aliphatic rings. The van der Waals surface area contributed by atoms with Crippen LogP contribution in [0, 0.1) is 5.41 Å². The predicted octanol–water partition coefficient (Wildman–Crippen LogP) is 2.03.